The van der Waals surface area contributed by atoms with Crippen LogP contribution in [0.5, 0.6) is 0 Å². The first kappa shape index (κ1) is 23.5. The van der Waals surface area contributed by atoms with Crippen LogP contribution < -0.4 is 0 Å². The van der Waals surface area contributed by atoms with Gasteiger partial charge in [0, 0.05) is 0 Å². The number of hydrogen-bond acceptors (Lipinski definition) is 14. The van der Waals surface area contributed by atoms with Gasteiger partial charge in [-0.05, 0) is 0 Å². The van der Waals surface area contributed by atoms with E-state index in [9.17, 15) is 60.7 Å². The van der Waals surface area contributed by atoms with Crippen LogP contribution in [0.15, 0.2) is 34.3 Å². The molecule has 0 fully saturated rings. The molecule has 2 rings (SSSR count). The van der Waals surface area contributed by atoms with Gasteiger partial charge >= 0.3 is 22.7 Å². The van der Waals surface area contributed by atoms with Crippen LogP contribution in [0.1, 0.15) is 0 Å². The fourth-order valence-electron chi connectivity index (χ4n) is 2.30. The third-order valence-corrected chi connectivity index (χ3v) is 3.64. The summed E-state index contributed by atoms with van der Waals surface area (Å²) in [6.45, 7) is 0. The normalized spacial score (nSPS) is 9.94. The lowest BCUT2D eigenvalue weighted by Crippen LogP contribution is -1.98. The van der Waals surface area contributed by atoms with Gasteiger partial charge in [0.05, 0.1) is 53.8 Å². The molecule has 20 heteroatoms. The molecule has 2 aromatic rings. The Morgan fingerprint density at radius 3 is 0.909 bits per heavy atom. The highest BCUT2D eigenvalue weighted by atomic mass is 16.6. The van der Waals surface area contributed by atoms with Gasteiger partial charge < -0.3 is 0 Å². The van der Waals surface area contributed by atoms with Gasteiger partial charge in [0.1, 0.15) is 6.01 Å². The summed E-state index contributed by atoms with van der Waals surface area (Å²) in [7, 11) is 0. The maximum Gasteiger partial charge on any atom is 0.309 e. The zero-order valence-corrected chi connectivity index (χ0v) is 15.3. The Morgan fingerprint density at radius 2 is 0.727 bits per heavy atom. The average molecular weight is 464 g/mol. The lowest BCUT2D eigenvalue weighted by molar-refractivity contribution is -0.402. The lowest BCUT2D eigenvalue weighted by atomic mass is 10.2. The van der Waals surface area contributed by atoms with Gasteiger partial charge in [-0.1, -0.05) is 0 Å². The van der Waals surface area contributed by atoms with Crippen molar-refractivity contribution in [2.75, 3.05) is 0 Å². The van der Waals surface area contributed by atoms with E-state index >= 15 is 0 Å². The topological polar surface area (TPSA) is 284 Å². The Bertz CT molecular complexity index is 1160. The summed E-state index contributed by atoms with van der Waals surface area (Å²) in [4.78, 5) is 65.6. The molecule has 0 saturated heterocycles. The maximum atomic E-state index is 11.2. The predicted molar refractivity (Wildman–Crippen MR) is 102 cm³/mol. The highest BCUT2D eigenvalue weighted by Crippen LogP contribution is 2.42. The number of benzene rings is 2. The van der Waals surface area contributed by atoms with Gasteiger partial charge in [-0.25, -0.2) is 0 Å². The van der Waals surface area contributed by atoms with Gasteiger partial charge in [-0.15, -0.1) is 0 Å². The summed E-state index contributed by atoms with van der Waals surface area (Å²) in [5, 5.41) is 66.5. The van der Waals surface area contributed by atoms with Crippen LogP contribution in [0.2, 0.25) is 0 Å². The largest absolute Gasteiger partial charge is 0.309 e. The Morgan fingerprint density at radius 1 is 0.485 bits per heavy atom. The monoisotopic (exact) mass is 464 g/mol. The SMILES string of the molecule is O=[N+]([O-])c1cc([N+](=O)[O-])c(N=C=Nc2c([N+](=O)[O-])cc([N+](=O)[O-])cc2[N+](=O)[O-])c([N+](=O)[O-])c1. The Balaban J connectivity index is 2.84. The summed E-state index contributed by atoms with van der Waals surface area (Å²) in [6, 6.07) is 2.94. The molecule has 20 nitrogen and oxygen atoms in total. The van der Waals surface area contributed by atoms with Gasteiger partial charge in [0.2, 0.25) is 11.4 Å². The van der Waals surface area contributed by atoms with Crippen LogP contribution in [0.3, 0.4) is 0 Å². The van der Waals surface area contributed by atoms with Gasteiger partial charge in [0.15, 0.2) is 0 Å². The second kappa shape index (κ2) is 8.93. The first-order chi connectivity index (χ1) is 15.3. The van der Waals surface area contributed by atoms with Crippen molar-refractivity contribution in [3.63, 3.8) is 0 Å². The number of nitrogens with zero attached hydrogens (tertiary/aromatic N) is 8. The van der Waals surface area contributed by atoms with E-state index in [4.69, 9.17) is 0 Å². The average Bonchev–Trinajstić information content (AvgIpc) is 2.72. The zero-order chi connectivity index (χ0) is 25.0. The molecule has 0 aromatic heterocycles. The predicted octanol–water partition coefficient (Wildman–Crippen LogP) is 3.27. The van der Waals surface area contributed by atoms with E-state index in [1.807, 2.05) is 0 Å². The van der Waals surface area contributed by atoms with Crippen molar-refractivity contribution in [2.45, 2.75) is 0 Å². The molecule has 0 N–H and O–H groups in total. The summed E-state index contributed by atoms with van der Waals surface area (Å²) in [5.74, 6) is 0. The molecule has 0 aliphatic rings. The minimum atomic E-state index is -1.25. The van der Waals surface area contributed by atoms with E-state index in [-0.39, 0.29) is 0 Å². The van der Waals surface area contributed by atoms with E-state index in [0.29, 0.717) is 24.3 Å². The number of hydrogen-bond donors (Lipinski definition) is 0. The number of rotatable bonds is 8. The molecule has 0 radical (unpaired) electrons. The highest BCUT2D eigenvalue weighted by Gasteiger charge is 2.32. The Labute approximate surface area is 177 Å². The molecular weight excluding hydrogens is 460 g/mol. The van der Waals surface area contributed by atoms with Crippen LogP contribution in [-0.4, -0.2) is 35.5 Å². The summed E-state index contributed by atoms with van der Waals surface area (Å²) >= 11 is 0. The molecule has 0 aliphatic heterocycles. The molecule has 0 atom stereocenters. The van der Waals surface area contributed by atoms with Gasteiger partial charge in [-0.2, -0.15) is 9.98 Å². The van der Waals surface area contributed by atoms with Crippen molar-refractivity contribution < 1.29 is 29.5 Å². The lowest BCUT2D eigenvalue weighted by Gasteiger charge is -1.99. The molecule has 0 amide bonds. The van der Waals surface area contributed by atoms with Crippen molar-refractivity contribution in [3.8, 4) is 0 Å². The molecule has 33 heavy (non-hydrogen) atoms. The van der Waals surface area contributed by atoms with Crippen LogP contribution >= 0.6 is 0 Å². The van der Waals surface area contributed by atoms with Gasteiger partial charge in [0.25, 0.3) is 11.4 Å². The van der Waals surface area contributed by atoms with Gasteiger partial charge in [-0.3, -0.25) is 60.7 Å². The molecular formula is C13H4N8O12. The first-order valence-corrected chi connectivity index (χ1v) is 7.74. The Hall–Kier alpha value is -5.78. The number of nitro benzene ring substituents is 6. The molecule has 0 unspecified atom stereocenters. The maximum absolute atomic E-state index is 11.2. The van der Waals surface area contributed by atoms with Crippen LogP contribution in [0, 0.1) is 60.7 Å². The minimum Gasteiger partial charge on any atom is -0.258 e. The van der Waals surface area contributed by atoms with Crippen molar-refractivity contribution in [2.24, 2.45) is 9.98 Å². The molecule has 2 aromatic carbocycles. The van der Waals surface area contributed by atoms with Crippen molar-refractivity contribution in [1.82, 2.24) is 0 Å². The number of aliphatic imine (C=N–C) groups is 2. The molecule has 0 bridgehead atoms. The standard InChI is InChI=1S/C13H4N8O12/c22-16(23)6-1-8(18(26)27)12(9(2-6)19(28)29)14-5-15-13-10(20(30)31)3-7(17(24)25)4-11(13)21(32)33/h1-4H. The van der Waals surface area contributed by atoms with Crippen LogP contribution in [0.4, 0.5) is 45.5 Å². The number of nitro groups is 6. The molecule has 168 valence electrons. The van der Waals surface area contributed by atoms with E-state index in [1.54, 1.807) is 6.01 Å². The Kier molecular flexibility index (Phi) is 6.36. The summed E-state index contributed by atoms with van der Waals surface area (Å²) in [6.07, 6.45) is 0. The fraction of sp³-hybridized carbons (Fsp3) is 0. The van der Waals surface area contributed by atoms with E-state index in [1.165, 1.54) is 0 Å². The van der Waals surface area contributed by atoms with Crippen LogP contribution in [0.25, 0.3) is 0 Å². The smallest absolute Gasteiger partial charge is 0.258 e. The molecule has 0 spiro atoms. The zero-order valence-electron chi connectivity index (χ0n) is 15.3. The third kappa shape index (κ3) is 4.87. The van der Waals surface area contributed by atoms with Crippen molar-refractivity contribution in [3.05, 3.63) is 85.0 Å². The van der Waals surface area contributed by atoms with Crippen LogP contribution in [-0.2, 0) is 0 Å². The quantitative estimate of drug-likeness (QED) is 0.309. The van der Waals surface area contributed by atoms with Crippen molar-refractivity contribution >= 4 is 51.5 Å². The molecule has 0 aliphatic carbocycles. The highest BCUT2D eigenvalue weighted by molar-refractivity contribution is 5.80. The fourth-order valence-corrected chi connectivity index (χ4v) is 2.30. The summed E-state index contributed by atoms with van der Waals surface area (Å²) in [5.41, 5.74) is -9.18. The second-order valence-electron chi connectivity index (χ2n) is 5.53. The van der Waals surface area contributed by atoms with E-state index < -0.39 is 75.0 Å². The van der Waals surface area contributed by atoms with E-state index in [2.05, 4.69) is 9.98 Å². The minimum absolute atomic E-state index is 0.338. The first-order valence-electron chi connectivity index (χ1n) is 7.74. The van der Waals surface area contributed by atoms with Crippen molar-refractivity contribution in [1.29, 1.82) is 0 Å². The second-order valence-corrected chi connectivity index (χ2v) is 5.53. The third-order valence-electron chi connectivity index (χ3n) is 3.64. The number of non-ortho nitro benzene ring substituents is 2. The van der Waals surface area contributed by atoms with E-state index in [0.717, 1.165) is 0 Å². The molecule has 0 heterocycles. The molecule has 0 saturated carbocycles. The summed E-state index contributed by atoms with van der Waals surface area (Å²) < 4.78 is 0.